The number of carbonyl (C=O) groups excluding carboxylic acids is 1. The molecule has 1 heterocycles. The van der Waals surface area contributed by atoms with Crippen LogP contribution in [-0.4, -0.2) is 27.3 Å². The minimum Gasteiger partial charge on any atom is -0.272 e. The fourth-order valence-corrected chi connectivity index (χ4v) is 4.18. The Morgan fingerprint density at radius 2 is 2.11 bits per heavy atom. The van der Waals surface area contributed by atoms with Crippen LogP contribution < -0.4 is 5.43 Å². The zero-order valence-corrected chi connectivity index (χ0v) is 16.3. The number of hydrazone groups is 1. The summed E-state index contributed by atoms with van der Waals surface area (Å²) < 4.78 is 1.90. The van der Waals surface area contributed by atoms with Crippen molar-refractivity contribution in [1.29, 1.82) is 0 Å². The number of aryl methyl sites for hydroxylation is 1. The molecule has 0 spiro atoms. The molecule has 0 aliphatic heterocycles. The van der Waals surface area contributed by atoms with Gasteiger partial charge in [0.25, 0.3) is 11.6 Å². The minimum absolute atomic E-state index is 0.0276. The van der Waals surface area contributed by atoms with Gasteiger partial charge in [0, 0.05) is 17.2 Å². The zero-order chi connectivity index (χ0) is 19.4. The number of aromatic nitrogens is 1. The number of hydrogen-bond donors (Lipinski definition) is 1. The number of nitro benzene ring substituents is 1. The lowest BCUT2D eigenvalue weighted by molar-refractivity contribution is -0.385. The maximum Gasteiger partial charge on any atom is 0.272 e. The molecule has 0 unspecified atom stereocenters. The highest BCUT2D eigenvalue weighted by Gasteiger charge is 2.12. The molecule has 3 aromatic rings. The number of thioether (sulfide) groups is 1. The third-order valence-corrected chi connectivity index (χ3v) is 5.95. The summed E-state index contributed by atoms with van der Waals surface area (Å²) in [4.78, 5) is 27.1. The van der Waals surface area contributed by atoms with Crippen LogP contribution in [0.5, 0.6) is 0 Å². The number of thiazole rings is 1. The molecule has 0 saturated heterocycles. The maximum atomic E-state index is 12.0. The summed E-state index contributed by atoms with van der Waals surface area (Å²) >= 11 is 2.89. The summed E-state index contributed by atoms with van der Waals surface area (Å²) in [6, 6.07) is 12.7. The average molecular weight is 400 g/mol. The number of hydrogen-bond acceptors (Lipinski definition) is 7. The smallest absolute Gasteiger partial charge is 0.272 e. The Balaban J connectivity index is 1.60. The molecule has 1 amide bonds. The first-order valence-corrected chi connectivity index (χ1v) is 9.81. The predicted octanol–water partition coefficient (Wildman–Crippen LogP) is 4.15. The van der Waals surface area contributed by atoms with E-state index < -0.39 is 4.92 Å². The Morgan fingerprint density at radius 1 is 1.33 bits per heavy atom. The fraction of sp³-hybridized carbons (Fsp3) is 0.167. The summed E-state index contributed by atoms with van der Waals surface area (Å²) in [6.45, 7) is 3.37. The molecule has 0 atom stereocenters. The maximum absolute atomic E-state index is 12.0. The second kappa shape index (κ2) is 8.28. The summed E-state index contributed by atoms with van der Waals surface area (Å²) in [7, 11) is 0. The third-order valence-electron chi connectivity index (χ3n) is 3.77. The highest BCUT2D eigenvalue weighted by molar-refractivity contribution is 8.01. The number of rotatable bonds is 6. The van der Waals surface area contributed by atoms with Gasteiger partial charge in [0.2, 0.25) is 0 Å². The standard InChI is InChI=1S/C18H16N4O3S2/c1-11-7-8-13(9-15(11)22(24)25)12(2)20-21-17(23)10-26-18-19-14-5-3-4-6-16(14)27-18/h3-9H,10H2,1-2H3,(H,21,23)/b20-12-. The van der Waals surface area contributed by atoms with E-state index in [1.807, 2.05) is 24.3 Å². The Kier molecular flexibility index (Phi) is 5.82. The number of para-hydroxylation sites is 1. The first-order valence-electron chi connectivity index (χ1n) is 8.01. The lowest BCUT2D eigenvalue weighted by Crippen LogP contribution is -2.21. The minimum atomic E-state index is -0.431. The monoisotopic (exact) mass is 400 g/mol. The van der Waals surface area contributed by atoms with E-state index in [1.165, 1.54) is 29.2 Å². The molecule has 0 aliphatic carbocycles. The molecular weight excluding hydrogens is 384 g/mol. The van der Waals surface area contributed by atoms with Gasteiger partial charge in [-0.25, -0.2) is 10.4 Å². The van der Waals surface area contributed by atoms with Gasteiger partial charge in [0.05, 0.1) is 26.6 Å². The molecular formula is C18H16N4O3S2. The van der Waals surface area contributed by atoms with Crippen molar-refractivity contribution in [2.24, 2.45) is 5.10 Å². The van der Waals surface area contributed by atoms with E-state index >= 15 is 0 Å². The van der Waals surface area contributed by atoms with E-state index in [2.05, 4.69) is 15.5 Å². The van der Waals surface area contributed by atoms with Crippen LogP contribution in [0.3, 0.4) is 0 Å². The normalized spacial score (nSPS) is 11.6. The second-order valence-electron chi connectivity index (χ2n) is 5.73. The largest absolute Gasteiger partial charge is 0.272 e. The van der Waals surface area contributed by atoms with E-state index in [9.17, 15) is 14.9 Å². The molecule has 0 radical (unpaired) electrons. The first-order chi connectivity index (χ1) is 12.9. The van der Waals surface area contributed by atoms with Crippen LogP contribution in [0.25, 0.3) is 10.2 Å². The molecule has 0 fully saturated rings. The van der Waals surface area contributed by atoms with Crippen molar-refractivity contribution in [3.8, 4) is 0 Å². The van der Waals surface area contributed by atoms with Crippen molar-refractivity contribution in [2.75, 3.05) is 5.75 Å². The average Bonchev–Trinajstić information content (AvgIpc) is 3.07. The highest BCUT2D eigenvalue weighted by Crippen LogP contribution is 2.29. The van der Waals surface area contributed by atoms with Gasteiger partial charge in [0.1, 0.15) is 0 Å². The summed E-state index contributed by atoms with van der Waals surface area (Å²) in [5.41, 5.74) is 5.09. The third kappa shape index (κ3) is 4.69. The van der Waals surface area contributed by atoms with Gasteiger partial charge < -0.3 is 0 Å². The molecule has 0 saturated carbocycles. The van der Waals surface area contributed by atoms with Gasteiger partial charge >= 0.3 is 0 Å². The van der Waals surface area contributed by atoms with Gasteiger partial charge in [-0.1, -0.05) is 36.0 Å². The van der Waals surface area contributed by atoms with Crippen LogP contribution >= 0.6 is 23.1 Å². The molecule has 3 rings (SSSR count). The van der Waals surface area contributed by atoms with Crippen molar-refractivity contribution in [3.05, 3.63) is 63.7 Å². The van der Waals surface area contributed by atoms with E-state index in [1.54, 1.807) is 26.0 Å². The molecule has 138 valence electrons. The molecule has 7 nitrogen and oxygen atoms in total. The zero-order valence-electron chi connectivity index (χ0n) is 14.6. The molecule has 0 bridgehead atoms. The second-order valence-corrected chi connectivity index (χ2v) is 7.98. The van der Waals surface area contributed by atoms with Crippen molar-refractivity contribution < 1.29 is 9.72 Å². The van der Waals surface area contributed by atoms with E-state index in [4.69, 9.17) is 0 Å². The Morgan fingerprint density at radius 3 is 2.85 bits per heavy atom. The number of nitro groups is 1. The van der Waals surface area contributed by atoms with Crippen molar-refractivity contribution in [1.82, 2.24) is 10.4 Å². The molecule has 9 heteroatoms. The quantitative estimate of drug-likeness (QED) is 0.290. The van der Waals surface area contributed by atoms with Gasteiger partial charge in [-0.15, -0.1) is 11.3 Å². The van der Waals surface area contributed by atoms with E-state index in [0.717, 1.165) is 14.6 Å². The Bertz CT molecular complexity index is 1010. The Labute approximate surface area is 163 Å². The van der Waals surface area contributed by atoms with Gasteiger partial charge in [-0.3, -0.25) is 14.9 Å². The lowest BCUT2D eigenvalue weighted by Gasteiger charge is -2.04. The van der Waals surface area contributed by atoms with E-state index in [0.29, 0.717) is 16.8 Å². The fourth-order valence-electron chi connectivity index (χ4n) is 2.31. The van der Waals surface area contributed by atoms with Crippen LogP contribution in [0.2, 0.25) is 0 Å². The molecule has 1 aromatic heterocycles. The number of nitrogens with zero attached hydrogens (tertiary/aromatic N) is 3. The van der Waals surface area contributed by atoms with Crippen molar-refractivity contribution in [3.63, 3.8) is 0 Å². The van der Waals surface area contributed by atoms with E-state index in [-0.39, 0.29) is 17.3 Å². The lowest BCUT2D eigenvalue weighted by atomic mass is 10.1. The summed E-state index contributed by atoms with van der Waals surface area (Å²) in [6.07, 6.45) is 0. The van der Waals surface area contributed by atoms with Crippen LogP contribution in [0.15, 0.2) is 51.9 Å². The highest BCUT2D eigenvalue weighted by atomic mass is 32.2. The number of amides is 1. The van der Waals surface area contributed by atoms with Crippen molar-refractivity contribution in [2.45, 2.75) is 18.2 Å². The van der Waals surface area contributed by atoms with Gasteiger partial charge in [-0.05, 0) is 26.0 Å². The summed E-state index contributed by atoms with van der Waals surface area (Å²) in [5.74, 6) is -0.0785. The van der Waals surface area contributed by atoms with Gasteiger partial charge in [-0.2, -0.15) is 5.10 Å². The number of carbonyl (C=O) groups is 1. The molecule has 1 N–H and O–H groups in total. The topological polar surface area (TPSA) is 97.5 Å². The molecule has 2 aromatic carbocycles. The molecule has 27 heavy (non-hydrogen) atoms. The van der Waals surface area contributed by atoms with Crippen molar-refractivity contribution >= 4 is 50.6 Å². The van der Waals surface area contributed by atoms with Crippen LogP contribution in [0.1, 0.15) is 18.1 Å². The number of benzene rings is 2. The van der Waals surface area contributed by atoms with Crippen LogP contribution in [-0.2, 0) is 4.79 Å². The van der Waals surface area contributed by atoms with Gasteiger partial charge in [0.15, 0.2) is 4.34 Å². The summed E-state index contributed by atoms with van der Waals surface area (Å²) in [5, 5.41) is 15.1. The Hall–Kier alpha value is -2.78. The van der Waals surface area contributed by atoms with Crippen LogP contribution in [0.4, 0.5) is 5.69 Å². The predicted molar refractivity (Wildman–Crippen MR) is 109 cm³/mol. The molecule has 0 aliphatic rings. The first kappa shape index (κ1) is 19.0. The SMILES string of the molecule is C/C(=N/NC(=O)CSc1nc2ccccc2s1)c1ccc(C)c([N+](=O)[O-])c1. The number of fused-ring (bicyclic) bond motifs is 1. The van der Waals surface area contributed by atoms with Crippen LogP contribution in [0, 0.1) is 17.0 Å². The number of nitrogens with one attached hydrogen (secondary N) is 1.